The fourth-order valence-corrected chi connectivity index (χ4v) is 3.67. The summed E-state index contributed by atoms with van der Waals surface area (Å²) in [5.74, 6) is 2.72. The van der Waals surface area contributed by atoms with Crippen LogP contribution in [0, 0.1) is 0 Å². The van der Waals surface area contributed by atoms with Crippen molar-refractivity contribution in [1.82, 2.24) is 15.1 Å². The Hall–Kier alpha value is -3.13. The normalized spacial score (nSPS) is 14.1. The molecule has 0 aromatic heterocycles. The monoisotopic (exact) mass is 429 g/mol. The van der Waals surface area contributed by atoms with Crippen LogP contribution in [0.3, 0.4) is 0 Å². The number of rotatable bonds is 8. The maximum absolute atomic E-state index is 12.5. The molecular formula is C23H31N3O5. The predicted octanol–water partition coefficient (Wildman–Crippen LogP) is 2.75. The third-order valence-electron chi connectivity index (χ3n) is 5.44. The predicted molar refractivity (Wildman–Crippen MR) is 118 cm³/mol. The third-order valence-corrected chi connectivity index (χ3v) is 5.44. The topological polar surface area (TPSA) is 72.5 Å². The lowest BCUT2D eigenvalue weighted by molar-refractivity contribution is 0.134. The molecule has 1 aliphatic rings. The number of carbonyl (C=O) groups is 1. The third kappa shape index (κ3) is 5.52. The standard InChI is InChI=1S/C23H31N3O5/c1-28-19-8-5-17(6-9-19)15-24-23(27)26-13-11-25(12-14-26)16-18-7-10-20(29-2)22(31-4)21(18)30-3/h5-10H,11-16H2,1-4H3,(H,24,27). The van der Waals surface area contributed by atoms with Gasteiger partial charge in [0, 0.05) is 44.8 Å². The average molecular weight is 430 g/mol. The maximum Gasteiger partial charge on any atom is 0.317 e. The van der Waals surface area contributed by atoms with E-state index in [4.69, 9.17) is 18.9 Å². The maximum atomic E-state index is 12.5. The summed E-state index contributed by atoms with van der Waals surface area (Å²) in [4.78, 5) is 16.7. The van der Waals surface area contributed by atoms with Crippen molar-refractivity contribution in [2.75, 3.05) is 54.6 Å². The van der Waals surface area contributed by atoms with Gasteiger partial charge in [0.1, 0.15) is 5.75 Å². The number of hydrogen-bond acceptors (Lipinski definition) is 6. The molecular weight excluding hydrogens is 398 g/mol. The summed E-state index contributed by atoms with van der Waals surface area (Å²) in [7, 11) is 6.48. The van der Waals surface area contributed by atoms with E-state index >= 15 is 0 Å². The van der Waals surface area contributed by atoms with Gasteiger partial charge in [0.15, 0.2) is 11.5 Å². The van der Waals surface area contributed by atoms with E-state index in [1.807, 2.05) is 41.3 Å². The highest BCUT2D eigenvalue weighted by Crippen LogP contribution is 2.40. The van der Waals surface area contributed by atoms with E-state index in [1.54, 1.807) is 28.4 Å². The fourth-order valence-electron chi connectivity index (χ4n) is 3.67. The van der Waals surface area contributed by atoms with E-state index in [0.717, 1.165) is 30.0 Å². The zero-order valence-corrected chi connectivity index (χ0v) is 18.6. The molecule has 0 spiro atoms. The van der Waals surface area contributed by atoms with Gasteiger partial charge in [-0.1, -0.05) is 18.2 Å². The number of ether oxygens (including phenoxy) is 4. The van der Waals surface area contributed by atoms with Gasteiger partial charge in [0.05, 0.1) is 28.4 Å². The Balaban J connectivity index is 1.51. The molecule has 0 aliphatic carbocycles. The lowest BCUT2D eigenvalue weighted by atomic mass is 10.1. The van der Waals surface area contributed by atoms with E-state index < -0.39 is 0 Å². The van der Waals surface area contributed by atoms with Crippen molar-refractivity contribution in [1.29, 1.82) is 0 Å². The number of piperazine rings is 1. The number of nitrogens with zero attached hydrogens (tertiary/aromatic N) is 2. The molecule has 1 aliphatic heterocycles. The number of hydrogen-bond donors (Lipinski definition) is 1. The lowest BCUT2D eigenvalue weighted by Gasteiger charge is -2.35. The van der Waals surface area contributed by atoms with Crippen molar-refractivity contribution < 1.29 is 23.7 Å². The second-order valence-electron chi connectivity index (χ2n) is 7.26. The van der Waals surface area contributed by atoms with Crippen LogP contribution in [0.1, 0.15) is 11.1 Å². The summed E-state index contributed by atoms with van der Waals surface area (Å²) < 4.78 is 21.6. The average Bonchev–Trinajstić information content (AvgIpc) is 2.82. The molecule has 1 N–H and O–H groups in total. The molecule has 3 rings (SSSR count). The van der Waals surface area contributed by atoms with Crippen LogP contribution < -0.4 is 24.3 Å². The van der Waals surface area contributed by atoms with Crippen molar-refractivity contribution in [3.8, 4) is 23.0 Å². The zero-order valence-electron chi connectivity index (χ0n) is 18.6. The minimum atomic E-state index is -0.0424. The molecule has 31 heavy (non-hydrogen) atoms. The van der Waals surface area contributed by atoms with Crippen molar-refractivity contribution in [3.05, 3.63) is 47.5 Å². The number of amides is 2. The van der Waals surface area contributed by atoms with Gasteiger partial charge >= 0.3 is 6.03 Å². The zero-order chi connectivity index (χ0) is 22.2. The first-order valence-electron chi connectivity index (χ1n) is 10.3. The van der Waals surface area contributed by atoms with Gasteiger partial charge in [-0.25, -0.2) is 4.79 Å². The quantitative estimate of drug-likeness (QED) is 0.696. The Morgan fingerprint density at radius 2 is 1.52 bits per heavy atom. The molecule has 0 atom stereocenters. The number of benzene rings is 2. The van der Waals surface area contributed by atoms with E-state index in [9.17, 15) is 4.79 Å². The Bertz CT molecular complexity index is 864. The van der Waals surface area contributed by atoms with E-state index in [-0.39, 0.29) is 6.03 Å². The summed E-state index contributed by atoms with van der Waals surface area (Å²) in [6, 6.07) is 11.5. The van der Waals surface area contributed by atoms with Crippen LogP contribution in [-0.2, 0) is 13.1 Å². The SMILES string of the molecule is COc1ccc(CNC(=O)N2CCN(Cc3ccc(OC)c(OC)c3OC)CC2)cc1. The minimum absolute atomic E-state index is 0.0424. The second-order valence-corrected chi connectivity index (χ2v) is 7.26. The first kappa shape index (κ1) is 22.6. The first-order chi connectivity index (χ1) is 15.1. The van der Waals surface area contributed by atoms with Crippen molar-refractivity contribution in [2.45, 2.75) is 13.1 Å². The van der Waals surface area contributed by atoms with Crippen LogP contribution in [0.2, 0.25) is 0 Å². The number of carbonyl (C=O) groups excluding carboxylic acids is 1. The Labute approximate surface area is 183 Å². The van der Waals surface area contributed by atoms with Crippen molar-refractivity contribution in [2.24, 2.45) is 0 Å². The van der Waals surface area contributed by atoms with Crippen LogP contribution >= 0.6 is 0 Å². The van der Waals surface area contributed by atoms with Crippen molar-refractivity contribution in [3.63, 3.8) is 0 Å². The highest BCUT2D eigenvalue weighted by atomic mass is 16.5. The summed E-state index contributed by atoms with van der Waals surface area (Å²) in [6.07, 6.45) is 0. The summed E-state index contributed by atoms with van der Waals surface area (Å²) in [6.45, 7) is 4.12. The van der Waals surface area contributed by atoms with Gasteiger partial charge < -0.3 is 29.2 Å². The fraction of sp³-hybridized carbons (Fsp3) is 0.435. The molecule has 168 valence electrons. The number of urea groups is 1. The molecule has 8 heteroatoms. The second kappa shape index (κ2) is 10.8. The summed E-state index contributed by atoms with van der Waals surface area (Å²) >= 11 is 0. The van der Waals surface area contributed by atoms with Gasteiger partial charge in [-0.3, -0.25) is 4.90 Å². The first-order valence-corrected chi connectivity index (χ1v) is 10.3. The molecule has 1 heterocycles. The van der Waals surface area contributed by atoms with Crippen molar-refractivity contribution >= 4 is 6.03 Å². The number of methoxy groups -OCH3 is 4. The van der Waals surface area contributed by atoms with Crippen LogP contribution in [0.4, 0.5) is 4.79 Å². The summed E-state index contributed by atoms with van der Waals surface area (Å²) in [5, 5.41) is 2.99. The smallest absolute Gasteiger partial charge is 0.317 e. The van der Waals surface area contributed by atoms with Gasteiger partial charge in [-0.05, 0) is 23.8 Å². The van der Waals surface area contributed by atoms with Gasteiger partial charge in [0.2, 0.25) is 5.75 Å². The van der Waals surface area contributed by atoms with Crippen LogP contribution in [-0.4, -0.2) is 70.4 Å². The molecule has 2 amide bonds. The van der Waals surface area contributed by atoms with E-state index in [2.05, 4.69) is 10.2 Å². The molecule has 2 aromatic carbocycles. The van der Waals surface area contributed by atoms with Gasteiger partial charge in [-0.15, -0.1) is 0 Å². The largest absolute Gasteiger partial charge is 0.497 e. The van der Waals surface area contributed by atoms with Crippen LogP contribution in [0.15, 0.2) is 36.4 Å². The highest BCUT2D eigenvalue weighted by molar-refractivity contribution is 5.74. The Kier molecular flexibility index (Phi) is 7.83. The molecule has 0 saturated carbocycles. The Morgan fingerprint density at radius 1 is 0.839 bits per heavy atom. The lowest BCUT2D eigenvalue weighted by Crippen LogP contribution is -2.51. The summed E-state index contributed by atoms with van der Waals surface area (Å²) in [5.41, 5.74) is 2.06. The van der Waals surface area contributed by atoms with Gasteiger partial charge in [0.25, 0.3) is 0 Å². The van der Waals surface area contributed by atoms with E-state index in [1.165, 1.54) is 0 Å². The molecule has 2 aromatic rings. The molecule has 1 fully saturated rings. The molecule has 0 bridgehead atoms. The molecule has 8 nitrogen and oxygen atoms in total. The molecule has 0 unspecified atom stereocenters. The Morgan fingerprint density at radius 3 is 2.10 bits per heavy atom. The van der Waals surface area contributed by atoms with E-state index in [0.29, 0.717) is 43.4 Å². The van der Waals surface area contributed by atoms with Crippen LogP contribution in [0.25, 0.3) is 0 Å². The number of nitrogens with one attached hydrogen (secondary N) is 1. The highest BCUT2D eigenvalue weighted by Gasteiger charge is 2.23. The molecule has 0 radical (unpaired) electrons. The van der Waals surface area contributed by atoms with Gasteiger partial charge in [-0.2, -0.15) is 0 Å². The molecule has 1 saturated heterocycles. The van der Waals surface area contributed by atoms with Crippen LogP contribution in [0.5, 0.6) is 23.0 Å². The minimum Gasteiger partial charge on any atom is -0.497 e.